The fraction of sp³-hybridized carbons (Fsp3) is 0.375. The van der Waals surface area contributed by atoms with Gasteiger partial charge in [0.05, 0.1) is 0 Å². The average Bonchev–Trinajstić information content (AvgIpc) is 2.81. The zero-order valence-electron chi connectivity index (χ0n) is 12.2. The standard InChI is InChI=1S/C16H18N2O3/c1-10(2)11-6-3-4-7-12(11)13-14(15(19)20)21-16(17-13)18-8-5-9-18/h3-4,6-7,10H,5,8-9H2,1-2H3,(H,19,20). The van der Waals surface area contributed by atoms with Crippen molar-refractivity contribution in [2.24, 2.45) is 0 Å². The fourth-order valence-corrected chi connectivity index (χ4v) is 2.50. The van der Waals surface area contributed by atoms with Crippen LogP contribution in [0.3, 0.4) is 0 Å². The van der Waals surface area contributed by atoms with Crippen LogP contribution in [0.4, 0.5) is 6.01 Å². The van der Waals surface area contributed by atoms with Crippen LogP contribution in [0.2, 0.25) is 0 Å². The van der Waals surface area contributed by atoms with Gasteiger partial charge in [-0.1, -0.05) is 38.1 Å². The van der Waals surface area contributed by atoms with Crippen LogP contribution in [-0.4, -0.2) is 29.1 Å². The van der Waals surface area contributed by atoms with E-state index in [9.17, 15) is 9.90 Å². The molecule has 1 aromatic heterocycles. The van der Waals surface area contributed by atoms with Gasteiger partial charge < -0.3 is 14.4 Å². The molecule has 0 bridgehead atoms. The number of carbonyl (C=O) groups is 1. The monoisotopic (exact) mass is 286 g/mol. The highest BCUT2D eigenvalue weighted by atomic mass is 16.4. The van der Waals surface area contributed by atoms with E-state index >= 15 is 0 Å². The van der Waals surface area contributed by atoms with E-state index in [1.807, 2.05) is 29.2 Å². The Kier molecular flexibility index (Phi) is 3.41. The van der Waals surface area contributed by atoms with Crippen LogP contribution in [0, 0.1) is 0 Å². The van der Waals surface area contributed by atoms with E-state index in [1.54, 1.807) is 0 Å². The van der Waals surface area contributed by atoms with Crippen molar-refractivity contribution in [1.82, 2.24) is 4.98 Å². The van der Waals surface area contributed by atoms with Crippen molar-refractivity contribution in [2.45, 2.75) is 26.2 Å². The Labute approximate surface area is 123 Å². The summed E-state index contributed by atoms with van der Waals surface area (Å²) < 4.78 is 5.48. The normalized spacial score (nSPS) is 14.3. The van der Waals surface area contributed by atoms with Crippen LogP contribution in [0.5, 0.6) is 0 Å². The lowest BCUT2D eigenvalue weighted by Crippen LogP contribution is -2.37. The number of rotatable bonds is 4. The summed E-state index contributed by atoms with van der Waals surface area (Å²) in [5.74, 6) is -0.875. The second-order valence-electron chi connectivity index (χ2n) is 5.56. The number of aromatic nitrogens is 1. The van der Waals surface area contributed by atoms with Crippen molar-refractivity contribution < 1.29 is 14.3 Å². The van der Waals surface area contributed by atoms with Gasteiger partial charge >= 0.3 is 5.97 Å². The number of benzene rings is 1. The number of carboxylic acid groups (broad SMARTS) is 1. The van der Waals surface area contributed by atoms with Gasteiger partial charge in [-0.25, -0.2) is 4.79 Å². The predicted molar refractivity (Wildman–Crippen MR) is 79.8 cm³/mol. The minimum atomic E-state index is -1.08. The number of nitrogens with zero attached hydrogens (tertiary/aromatic N) is 2. The van der Waals surface area contributed by atoms with Gasteiger partial charge in [-0.2, -0.15) is 4.98 Å². The zero-order chi connectivity index (χ0) is 15.0. The molecule has 5 heteroatoms. The zero-order valence-corrected chi connectivity index (χ0v) is 12.2. The van der Waals surface area contributed by atoms with Crippen LogP contribution >= 0.6 is 0 Å². The summed E-state index contributed by atoms with van der Waals surface area (Å²) in [6.45, 7) is 5.89. The molecule has 0 unspecified atom stereocenters. The number of carboxylic acids is 1. The molecule has 0 atom stereocenters. The first kappa shape index (κ1) is 13.7. The third kappa shape index (κ3) is 2.39. The van der Waals surface area contributed by atoms with E-state index in [2.05, 4.69) is 18.8 Å². The summed E-state index contributed by atoms with van der Waals surface area (Å²) in [6, 6.07) is 8.16. The molecule has 1 aliphatic rings. The van der Waals surface area contributed by atoms with Gasteiger partial charge in [0, 0.05) is 18.7 Å². The molecular formula is C16H18N2O3. The van der Waals surface area contributed by atoms with Crippen molar-refractivity contribution in [3.63, 3.8) is 0 Å². The molecule has 0 amide bonds. The summed E-state index contributed by atoms with van der Waals surface area (Å²) in [4.78, 5) is 17.9. The molecule has 1 aromatic carbocycles. The number of hydrogen-bond acceptors (Lipinski definition) is 4. The molecule has 2 heterocycles. The van der Waals surface area contributed by atoms with Gasteiger partial charge in [-0.05, 0) is 17.9 Å². The first-order valence-corrected chi connectivity index (χ1v) is 7.16. The van der Waals surface area contributed by atoms with Gasteiger partial charge in [0.25, 0.3) is 6.01 Å². The number of oxazole rings is 1. The van der Waals surface area contributed by atoms with E-state index < -0.39 is 5.97 Å². The minimum Gasteiger partial charge on any atom is -0.475 e. The molecule has 0 spiro atoms. The number of hydrogen-bond donors (Lipinski definition) is 1. The molecule has 1 N–H and O–H groups in total. The topological polar surface area (TPSA) is 66.6 Å². The quantitative estimate of drug-likeness (QED) is 0.933. The average molecular weight is 286 g/mol. The van der Waals surface area contributed by atoms with E-state index in [0.29, 0.717) is 11.7 Å². The predicted octanol–water partition coefficient (Wildman–Crippen LogP) is 3.37. The Morgan fingerprint density at radius 2 is 2.05 bits per heavy atom. The molecule has 3 rings (SSSR count). The van der Waals surface area contributed by atoms with Crippen molar-refractivity contribution >= 4 is 12.0 Å². The Bertz CT molecular complexity index is 672. The highest BCUT2D eigenvalue weighted by molar-refractivity contribution is 5.93. The van der Waals surface area contributed by atoms with E-state index in [4.69, 9.17) is 4.42 Å². The molecule has 0 aliphatic carbocycles. The number of anilines is 1. The summed E-state index contributed by atoms with van der Waals surface area (Å²) in [7, 11) is 0. The molecule has 1 aliphatic heterocycles. The summed E-state index contributed by atoms with van der Waals surface area (Å²) >= 11 is 0. The molecular weight excluding hydrogens is 268 g/mol. The lowest BCUT2D eigenvalue weighted by atomic mass is 9.95. The van der Waals surface area contributed by atoms with Crippen molar-refractivity contribution in [2.75, 3.05) is 18.0 Å². The molecule has 5 nitrogen and oxygen atoms in total. The van der Waals surface area contributed by atoms with Gasteiger partial charge in [0.15, 0.2) is 0 Å². The Morgan fingerprint density at radius 1 is 1.33 bits per heavy atom. The largest absolute Gasteiger partial charge is 0.475 e. The van der Waals surface area contributed by atoms with E-state index in [1.165, 1.54) is 0 Å². The van der Waals surface area contributed by atoms with E-state index in [-0.39, 0.29) is 11.7 Å². The van der Waals surface area contributed by atoms with E-state index in [0.717, 1.165) is 30.6 Å². The first-order valence-electron chi connectivity index (χ1n) is 7.16. The maximum Gasteiger partial charge on any atom is 0.374 e. The molecule has 0 radical (unpaired) electrons. The summed E-state index contributed by atoms with van der Waals surface area (Å²) in [5.41, 5.74) is 2.33. The summed E-state index contributed by atoms with van der Waals surface area (Å²) in [5, 5.41) is 9.39. The van der Waals surface area contributed by atoms with Crippen LogP contribution in [0.25, 0.3) is 11.3 Å². The van der Waals surface area contributed by atoms with Crippen molar-refractivity contribution in [3.8, 4) is 11.3 Å². The van der Waals surface area contributed by atoms with Crippen LogP contribution in [0.1, 0.15) is 42.3 Å². The maximum atomic E-state index is 11.5. The van der Waals surface area contributed by atoms with Crippen molar-refractivity contribution in [1.29, 1.82) is 0 Å². The highest BCUT2D eigenvalue weighted by Gasteiger charge is 2.27. The molecule has 0 saturated carbocycles. The lowest BCUT2D eigenvalue weighted by molar-refractivity contribution is 0.0664. The van der Waals surface area contributed by atoms with Gasteiger partial charge in [0.1, 0.15) is 5.69 Å². The van der Waals surface area contributed by atoms with Crippen LogP contribution < -0.4 is 4.90 Å². The maximum absolute atomic E-state index is 11.5. The second kappa shape index (κ2) is 5.24. The lowest BCUT2D eigenvalue weighted by Gasteiger charge is -2.28. The Morgan fingerprint density at radius 3 is 2.62 bits per heavy atom. The molecule has 21 heavy (non-hydrogen) atoms. The number of aromatic carboxylic acids is 1. The minimum absolute atomic E-state index is 0.0787. The first-order chi connectivity index (χ1) is 10.1. The van der Waals surface area contributed by atoms with Crippen LogP contribution in [0.15, 0.2) is 28.7 Å². The fourth-order valence-electron chi connectivity index (χ4n) is 2.50. The Balaban J connectivity index is 2.12. The van der Waals surface area contributed by atoms with Gasteiger partial charge in [0.2, 0.25) is 5.76 Å². The second-order valence-corrected chi connectivity index (χ2v) is 5.56. The molecule has 2 aromatic rings. The summed E-state index contributed by atoms with van der Waals surface area (Å²) in [6.07, 6.45) is 1.09. The van der Waals surface area contributed by atoms with Gasteiger partial charge in [-0.15, -0.1) is 0 Å². The highest BCUT2D eigenvalue weighted by Crippen LogP contribution is 2.34. The Hall–Kier alpha value is -2.30. The third-order valence-electron chi connectivity index (χ3n) is 3.77. The van der Waals surface area contributed by atoms with Gasteiger partial charge in [-0.3, -0.25) is 0 Å². The van der Waals surface area contributed by atoms with Crippen molar-refractivity contribution in [3.05, 3.63) is 35.6 Å². The SMILES string of the molecule is CC(C)c1ccccc1-c1nc(N2CCC2)oc1C(=O)O. The molecule has 1 fully saturated rings. The third-order valence-corrected chi connectivity index (χ3v) is 3.77. The molecule has 110 valence electrons. The smallest absolute Gasteiger partial charge is 0.374 e. The van der Waals surface area contributed by atoms with Crippen LogP contribution in [-0.2, 0) is 0 Å². The molecule has 1 saturated heterocycles.